The van der Waals surface area contributed by atoms with Crippen LogP contribution in [0.15, 0.2) is 101 Å². The Morgan fingerprint density at radius 1 is 0.897 bits per heavy atom. The smallest absolute Gasteiger partial charge is 0.251 e. The second kappa shape index (κ2) is 9.07. The number of hydrogen-bond donors (Lipinski definition) is 0. The maximum absolute atomic E-state index is 13.9. The quantitative estimate of drug-likeness (QED) is 0.330. The molecule has 3 nitrogen and oxygen atoms in total. The first-order valence-electron chi connectivity index (χ1n) is 9.30. The number of benzene rings is 3. The van der Waals surface area contributed by atoms with E-state index in [0.29, 0.717) is 5.13 Å². The third kappa shape index (κ3) is 4.58. The van der Waals surface area contributed by atoms with E-state index in [1.54, 1.807) is 16.7 Å². The number of aryl methyl sites for hydroxylation is 1. The van der Waals surface area contributed by atoms with Crippen LogP contribution >= 0.6 is 23.1 Å². The maximum atomic E-state index is 13.9. The van der Waals surface area contributed by atoms with Crippen molar-refractivity contribution in [1.29, 1.82) is 0 Å². The Morgan fingerprint density at radius 3 is 2.07 bits per heavy atom. The molecule has 0 bridgehead atoms. The van der Waals surface area contributed by atoms with Crippen LogP contribution in [0.3, 0.4) is 0 Å². The third-order valence-electron chi connectivity index (χ3n) is 4.36. The van der Waals surface area contributed by atoms with Crippen LogP contribution in [0.2, 0.25) is 0 Å². The van der Waals surface area contributed by atoms with E-state index in [9.17, 15) is 4.79 Å². The first kappa shape index (κ1) is 19.4. The van der Waals surface area contributed by atoms with Gasteiger partial charge in [0.05, 0.1) is 11.4 Å². The van der Waals surface area contributed by atoms with Gasteiger partial charge >= 0.3 is 0 Å². The van der Waals surface area contributed by atoms with Crippen molar-refractivity contribution < 1.29 is 4.79 Å². The van der Waals surface area contributed by atoms with Crippen molar-refractivity contribution in [3.05, 3.63) is 108 Å². The average molecular weight is 417 g/mol. The standard InChI is InChI=1S/C24H20N2OS2/c1-18-17-28-24(25-18)26(20-13-7-3-8-14-20)23(27)22(19-11-5-2-6-12-19)29-21-15-9-4-10-16-21/h2-17,22H,1H3. The van der Waals surface area contributed by atoms with E-state index < -0.39 is 0 Å². The molecule has 0 radical (unpaired) electrons. The molecule has 144 valence electrons. The van der Waals surface area contributed by atoms with Crippen LogP contribution in [0.4, 0.5) is 10.8 Å². The fourth-order valence-corrected chi connectivity index (χ4v) is 4.91. The van der Waals surface area contributed by atoms with Crippen LogP contribution in [0.25, 0.3) is 0 Å². The van der Waals surface area contributed by atoms with Gasteiger partial charge in [-0.15, -0.1) is 23.1 Å². The van der Waals surface area contributed by atoms with E-state index in [4.69, 9.17) is 0 Å². The predicted molar refractivity (Wildman–Crippen MR) is 122 cm³/mol. The molecular weight excluding hydrogens is 396 g/mol. The summed E-state index contributed by atoms with van der Waals surface area (Å²) < 4.78 is 0. The lowest BCUT2D eigenvalue weighted by Gasteiger charge is -2.25. The lowest BCUT2D eigenvalue weighted by atomic mass is 10.1. The Morgan fingerprint density at radius 2 is 1.48 bits per heavy atom. The highest BCUT2D eigenvalue weighted by molar-refractivity contribution is 8.00. The van der Waals surface area contributed by atoms with Gasteiger partial charge in [-0.1, -0.05) is 66.7 Å². The van der Waals surface area contributed by atoms with Gasteiger partial charge in [0.15, 0.2) is 5.13 Å². The molecule has 1 atom stereocenters. The monoisotopic (exact) mass is 416 g/mol. The first-order chi connectivity index (χ1) is 14.2. The minimum absolute atomic E-state index is 0.00870. The second-order valence-electron chi connectivity index (χ2n) is 6.50. The van der Waals surface area contributed by atoms with Gasteiger partial charge in [0.25, 0.3) is 5.91 Å². The molecule has 4 aromatic rings. The summed E-state index contributed by atoms with van der Waals surface area (Å²) in [6.07, 6.45) is 0. The number of thioether (sulfide) groups is 1. The predicted octanol–water partition coefficient (Wildman–Crippen LogP) is 6.65. The van der Waals surface area contributed by atoms with E-state index in [0.717, 1.165) is 21.8 Å². The van der Waals surface area contributed by atoms with Gasteiger partial charge in [-0.2, -0.15) is 0 Å². The molecule has 4 rings (SSSR count). The van der Waals surface area contributed by atoms with Gasteiger partial charge in [-0.25, -0.2) is 4.98 Å². The number of nitrogens with zero attached hydrogens (tertiary/aromatic N) is 2. The molecule has 0 aliphatic heterocycles. The number of carbonyl (C=O) groups is 1. The van der Waals surface area contributed by atoms with Gasteiger partial charge in [-0.05, 0) is 36.8 Å². The van der Waals surface area contributed by atoms with Crippen LogP contribution in [0.5, 0.6) is 0 Å². The van der Waals surface area contributed by atoms with Crippen LogP contribution < -0.4 is 4.90 Å². The summed E-state index contributed by atoms with van der Waals surface area (Å²) in [7, 11) is 0. The molecule has 0 saturated carbocycles. The first-order valence-corrected chi connectivity index (χ1v) is 11.1. The van der Waals surface area contributed by atoms with Crippen molar-refractivity contribution in [2.24, 2.45) is 0 Å². The van der Waals surface area contributed by atoms with E-state index in [1.165, 1.54) is 11.3 Å². The number of hydrogen-bond acceptors (Lipinski definition) is 4. The van der Waals surface area contributed by atoms with E-state index in [-0.39, 0.29) is 11.2 Å². The number of rotatable bonds is 6. The number of carbonyl (C=O) groups excluding carboxylic acids is 1. The molecule has 1 amide bonds. The van der Waals surface area contributed by atoms with Crippen LogP contribution in [-0.2, 0) is 4.79 Å². The molecule has 1 aromatic heterocycles. The normalized spacial score (nSPS) is 11.8. The Kier molecular flexibility index (Phi) is 6.08. The molecule has 0 aliphatic rings. The van der Waals surface area contributed by atoms with Crippen molar-refractivity contribution in [2.45, 2.75) is 17.1 Å². The fourth-order valence-electron chi connectivity index (χ4n) is 2.99. The summed E-state index contributed by atoms with van der Waals surface area (Å²) in [6, 6.07) is 29.7. The molecule has 1 heterocycles. The Labute approximate surface area is 179 Å². The van der Waals surface area contributed by atoms with Crippen LogP contribution in [-0.4, -0.2) is 10.9 Å². The summed E-state index contributed by atoms with van der Waals surface area (Å²) in [5.41, 5.74) is 2.70. The highest BCUT2D eigenvalue weighted by atomic mass is 32.2. The SMILES string of the molecule is Cc1csc(N(C(=O)C(Sc2ccccc2)c2ccccc2)c2ccccc2)n1. The lowest BCUT2D eigenvalue weighted by molar-refractivity contribution is -0.117. The van der Waals surface area contributed by atoms with E-state index in [1.807, 2.05) is 103 Å². The van der Waals surface area contributed by atoms with Gasteiger partial charge < -0.3 is 0 Å². The molecule has 0 N–H and O–H groups in total. The maximum Gasteiger partial charge on any atom is 0.251 e. The van der Waals surface area contributed by atoms with Crippen LogP contribution in [0.1, 0.15) is 16.5 Å². The summed E-state index contributed by atoms with van der Waals surface area (Å²) >= 11 is 3.04. The van der Waals surface area contributed by atoms with Crippen molar-refractivity contribution in [1.82, 2.24) is 4.98 Å². The number of anilines is 2. The highest BCUT2D eigenvalue weighted by Gasteiger charge is 2.30. The second-order valence-corrected chi connectivity index (χ2v) is 8.52. The summed E-state index contributed by atoms with van der Waals surface area (Å²) in [4.78, 5) is 21.3. The zero-order valence-corrected chi connectivity index (χ0v) is 17.6. The van der Waals surface area contributed by atoms with Crippen LogP contribution in [0, 0.1) is 6.92 Å². The molecule has 0 spiro atoms. The average Bonchev–Trinajstić information content (AvgIpc) is 3.20. The zero-order chi connectivity index (χ0) is 20.1. The Hall–Kier alpha value is -2.89. The number of para-hydroxylation sites is 1. The van der Waals surface area contributed by atoms with Crippen molar-refractivity contribution in [3.63, 3.8) is 0 Å². The molecule has 3 aromatic carbocycles. The number of amides is 1. The van der Waals surface area contributed by atoms with Gasteiger partial charge in [0, 0.05) is 10.3 Å². The summed E-state index contributed by atoms with van der Waals surface area (Å²) in [5.74, 6) is -0.00870. The molecule has 1 unspecified atom stereocenters. The fraction of sp³-hybridized carbons (Fsp3) is 0.0833. The third-order valence-corrected chi connectivity index (χ3v) is 6.55. The molecular formula is C24H20N2OS2. The molecule has 0 aliphatic carbocycles. The number of thiazole rings is 1. The van der Waals surface area contributed by atoms with Crippen molar-refractivity contribution >= 4 is 39.8 Å². The van der Waals surface area contributed by atoms with E-state index >= 15 is 0 Å². The Balaban J connectivity index is 1.77. The Bertz CT molecular complexity index is 1070. The van der Waals surface area contributed by atoms with Crippen molar-refractivity contribution in [3.8, 4) is 0 Å². The minimum atomic E-state index is -0.386. The molecule has 0 fully saturated rings. The van der Waals surface area contributed by atoms with Gasteiger partial charge in [0.1, 0.15) is 5.25 Å². The van der Waals surface area contributed by atoms with Gasteiger partial charge in [-0.3, -0.25) is 9.69 Å². The molecule has 0 saturated heterocycles. The van der Waals surface area contributed by atoms with E-state index in [2.05, 4.69) is 4.98 Å². The molecule has 5 heteroatoms. The molecule has 29 heavy (non-hydrogen) atoms. The zero-order valence-electron chi connectivity index (χ0n) is 15.9. The summed E-state index contributed by atoms with van der Waals surface area (Å²) in [5, 5.41) is 2.27. The lowest BCUT2D eigenvalue weighted by Crippen LogP contribution is -2.30. The van der Waals surface area contributed by atoms with Crippen molar-refractivity contribution in [2.75, 3.05) is 4.90 Å². The minimum Gasteiger partial charge on any atom is -0.272 e. The number of aromatic nitrogens is 1. The highest BCUT2D eigenvalue weighted by Crippen LogP contribution is 2.40. The topological polar surface area (TPSA) is 33.2 Å². The summed E-state index contributed by atoms with van der Waals surface area (Å²) in [6.45, 7) is 1.95. The van der Waals surface area contributed by atoms with Gasteiger partial charge in [0.2, 0.25) is 0 Å². The largest absolute Gasteiger partial charge is 0.272 e.